The second-order valence-corrected chi connectivity index (χ2v) is 9.76. The number of piperidine rings is 1. The van der Waals surface area contributed by atoms with Gasteiger partial charge in [-0.2, -0.15) is 9.57 Å². The van der Waals surface area contributed by atoms with E-state index in [1.54, 1.807) is 0 Å². The van der Waals surface area contributed by atoms with Crippen LogP contribution in [0.15, 0.2) is 29.2 Å². The molecule has 0 aromatic heterocycles. The molecule has 1 N–H and O–H groups in total. The molecule has 1 saturated heterocycles. The highest BCUT2D eigenvalue weighted by molar-refractivity contribution is 7.89. The minimum Gasteiger partial charge on any atom is -0.352 e. The maximum atomic E-state index is 12.6. The lowest BCUT2D eigenvalue weighted by Gasteiger charge is -2.33. The molecule has 1 heterocycles. The summed E-state index contributed by atoms with van der Waals surface area (Å²) < 4.78 is 26.2. The molecule has 9 heteroatoms. The molecular weight excluding hydrogens is 392 g/mol. The van der Waals surface area contributed by atoms with Gasteiger partial charge >= 0.3 is 0 Å². The van der Waals surface area contributed by atoms with Crippen LogP contribution in [0.4, 0.5) is 0 Å². The Morgan fingerprint density at radius 3 is 2.34 bits per heavy atom. The van der Waals surface area contributed by atoms with Crippen LogP contribution in [-0.2, 0) is 19.6 Å². The molecule has 0 aliphatic carbocycles. The Morgan fingerprint density at radius 1 is 1.24 bits per heavy atom. The molecule has 1 aromatic carbocycles. The third kappa shape index (κ3) is 6.27. The van der Waals surface area contributed by atoms with Gasteiger partial charge < -0.3 is 10.2 Å². The highest BCUT2D eigenvalue weighted by Gasteiger charge is 2.27. The standard InChI is InChI=1S/C20H28N4O4S/c1-15(2)12-20(26)24-10-8-17(9-11-24)22-19(25)14-23(3)29(27,28)18-6-4-16(13-21)5-7-18/h4-7,15,17H,8-12,14H2,1-3H3,(H,22,25). The molecule has 2 amide bonds. The molecule has 0 atom stereocenters. The van der Waals surface area contributed by atoms with E-state index in [4.69, 9.17) is 5.26 Å². The second-order valence-electron chi connectivity index (χ2n) is 7.72. The van der Waals surface area contributed by atoms with Crippen molar-refractivity contribution in [2.24, 2.45) is 5.92 Å². The molecule has 0 unspecified atom stereocenters. The topological polar surface area (TPSA) is 111 Å². The SMILES string of the molecule is CC(C)CC(=O)N1CCC(NC(=O)CN(C)S(=O)(=O)c2ccc(C#N)cc2)CC1. The highest BCUT2D eigenvalue weighted by Crippen LogP contribution is 2.16. The number of amides is 2. The zero-order valence-electron chi connectivity index (χ0n) is 17.1. The number of sulfonamides is 1. The van der Waals surface area contributed by atoms with Crippen LogP contribution < -0.4 is 5.32 Å². The summed E-state index contributed by atoms with van der Waals surface area (Å²) in [5, 5.41) is 11.7. The number of likely N-dealkylation sites (tertiary alicyclic amines) is 1. The molecule has 0 bridgehead atoms. The average Bonchev–Trinajstić information content (AvgIpc) is 2.67. The lowest BCUT2D eigenvalue weighted by molar-refractivity contribution is -0.133. The van der Waals surface area contributed by atoms with E-state index >= 15 is 0 Å². The molecule has 1 aromatic rings. The van der Waals surface area contributed by atoms with Crippen molar-refractivity contribution in [3.8, 4) is 6.07 Å². The van der Waals surface area contributed by atoms with E-state index < -0.39 is 10.0 Å². The van der Waals surface area contributed by atoms with Crippen LogP contribution in [0.2, 0.25) is 0 Å². The van der Waals surface area contributed by atoms with Crippen molar-refractivity contribution in [3.63, 3.8) is 0 Å². The molecule has 29 heavy (non-hydrogen) atoms. The number of nitrogens with one attached hydrogen (secondary N) is 1. The summed E-state index contributed by atoms with van der Waals surface area (Å²) in [5.41, 5.74) is 0.363. The van der Waals surface area contributed by atoms with Gasteiger partial charge in [0.25, 0.3) is 0 Å². The highest BCUT2D eigenvalue weighted by atomic mass is 32.2. The lowest BCUT2D eigenvalue weighted by atomic mass is 10.0. The Kier molecular flexibility index (Phi) is 7.76. The second kappa shape index (κ2) is 9.85. The summed E-state index contributed by atoms with van der Waals surface area (Å²) in [6.45, 7) is 4.90. The zero-order valence-corrected chi connectivity index (χ0v) is 17.9. The monoisotopic (exact) mass is 420 g/mol. The van der Waals surface area contributed by atoms with Gasteiger partial charge in [0, 0.05) is 32.6 Å². The van der Waals surface area contributed by atoms with Crippen LogP contribution in [0.5, 0.6) is 0 Å². The molecule has 8 nitrogen and oxygen atoms in total. The summed E-state index contributed by atoms with van der Waals surface area (Å²) in [7, 11) is -2.47. The van der Waals surface area contributed by atoms with Crippen LogP contribution in [-0.4, -0.2) is 62.2 Å². The number of benzene rings is 1. The van der Waals surface area contributed by atoms with Gasteiger partial charge in [-0.25, -0.2) is 8.42 Å². The Balaban J connectivity index is 1.86. The predicted molar refractivity (Wildman–Crippen MR) is 108 cm³/mol. The van der Waals surface area contributed by atoms with Gasteiger partial charge in [-0.1, -0.05) is 13.8 Å². The quantitative estimate of drug-likeness (QED) is 0.715. The molecule has 0 radical (unpaired) electrons. The number of carbonyl (C=O) groups excluding carboxylic acids is 2. The van der Waals surface area contributed by atoms with E-state index in [0.29, 0.717) is 43.8 Å². The van der Waals surface area contributed by atoms with Gasteiger partial charge in [0.1, 0.15) is 0 Å². The van der Waals surface area contributed by atoms with Crippen molar-refractivity contribution in [2.45, 2.75) is 44.0 Å². The van der Waals surface area contributed by atoms with Crippen molar-refractivity contribution in [2.75, 3.05) is 26.7 Å². The number of nitriles is 1. The summed E-state index contributed by atoms with van der Waals surface area (Å²) in [6, 6.07) is 7.42. The molecule has 1 aliphatic rings. The zero-order chi connectivity index (χ0) is 21.6. The van der Waals surface area contributed by atoms with E-state index in [1.165, 1.54) is 31.3 Å². The van der Waals surface area contributed by atoms with Crippen LogP contribution in [0.3, 0.4) is 0 Å². The molecule has 2 rings (SSSR count). The molecule has 0 spiro atoms. The van der Waals surface area contributed by atoms with E-state index in [-0.39, 0.29) is 29.3 Å². The first-order valence-electron chi connectivity index (χ1n) is 9.67. The van der Waals surface area contributed by atoms with Crippen molar-refractivity contribution in [1.29, 1.82) is 5.26 Å². The maximum Gasteiger partial charge on any atom is 0.243 e. The fourth-order valence-corrected chi connectivity index (χ4v) is 4.32. The van der Waals surface area contributed by atoms with Gasteiger partial charge in [-0.3, -0.25) is 9.59 Å². The Bertz CT molecular complexity index is 867. The third-order valence-corrected chi connectivity index (χ3v) is 6.67. The number of rotatable bonds is 7. The van der Waals surface area contributed by atoms with Crippen molar-refractivity contribution in [3.05, 3.63) is 29.8 Å². The minimum atomic E-state index is -3.82. The lowest BCUT2D eigenvalue weighted by Crippen LogP contribution is -2.49. The predicted octanol–water partition coefficient (Wildman–Crippen LogP) is 1.33. The molecule has 1 aliphatic heterocycles. The van der Waals surface area contributed by atoms with E-state index in [1.807, 2.05) is 24.8 Å². The largest absolute Gasteiger partial charge is 0.352 e. The first-order chi connectivity index (χ1) is 13.6. The fraction of sp³-hybridized carbons (Fsp3) is 0.550. The van der Waals surface area contributed by atoms with Crippen molar-refractivity contribution >= 4 is 21.8 Å². The number of nitrogens with zero attached hydrogens (tertiary/aromatic N) is 3. The average molecular weight is 421 g/mol. The summed E-state index contributed by atoms with van der Waals surface area (Å²) in [6.07, 6.45) is 1.83. The number of hydrogen-bond donors (Lipinski definition) is 1. The Labute approximate surface area is 172 Å². The van der Waals surface area contributed by atoms with Crippen LogP contribution in [0, 0.1) is 17.2 Å². The van der Waals surface area contributed by atoms with Crippen molar-refractivity contribution in [1.82, 2.24) is 14.5 Å². The summed E-state index contributed by atoms with van der Waals surface area (Å²) in [4.78, 5) is 26.3. The van der Waals surface area contributed by atoms with Crippen molar-refractivity contribution < 1.29 is 18.0 Å². The Hall–Kier alpha value is -2.44. The van der Waals surface area contributed by atoms with Gasteiger partial charge in [0.05, 0.1) is 23.1 Å². The summed E-state index contributed by atoms with van der Waals surface area (Å²) in [5.74, 6) is 0.0724. The smallest absolute Gasteiger partial charge is 0.243 e. The molecule has 158 valence electrons. The number of hydrogen-bond acceptors (Lipinski definition) is 5. The number of carbonyl (C=O) groups is 2. The van der Waals surface area contributed by atoms with Gasteiger partial charge in [-0.15, -0.1) is 0 Å². The van der Waals surface area contributed by atoms with Gasteiger partial charge in [-0.05, 0) is 43.0 Å². The molecule has 0 saturated carbocycles. The van der Waals surface area contributed by atoms with Crippen LogP contribution in [0.1, 0.15) is 38.7 Å². The third-order valence-electron chi connectivity index (χ3n) is 4.85. The first-order valence-corrected chi connectivity index (χ1v) is 11.1. The maximum absolute atomic E-state index is 12.6. The molecule has 1 fully saturated rings. The van der Waals surface area contributed by atoms with Crippen LogP contribution in [0.25, 0.3) is 0 Å². The van der Waals surface area contributed by atoms with Gasteiger partial charge in [0.2, 0.25) is 21.8 Å². The fourth-order valence-electron chi connectivity index (χ4n) is 3.19. The minimum absolute atomic E-state index is 0.0313. The Morgan fingerprint density at radius 2 is 1.83 bits per heavy atom. The summed E-state index contributed by atoms with van der Waals surface area (Å²) >= 11 is 0. The first kappa shape index (κ1) is 22.8. The van der Waals surface area contributed by atoms with Crippen LogP contribution >= 0.6 is 0 Å². The molecular formula is C20H28N4O4S. The van der Waals surface area contributed by atoms with Gasteiger partial charge in [0.15, 0.2) is 0 Å². The van der Waals surface area contributed by atoms with E-state index in [9.17, 15) is 18.0 Å². The van der Waals surface area contributed by atoms with E-state index in [0.717, 1.165) is 4.31 Å². The number of likely N-dealkylation sites (N-methyl/N-ethyl adjacent to an activating group) is 1. The normalized spacial score (nSPS) is 15.4. The van der Waals surface area contributed by atoms with E-state index in [2.05, 4.69) is 5.32 Å².